The van der Waals surface area contributed by atoms with Gasteiger partial charge >= 0.3 is 0 Å². The van der Waals surface area contributed by atoms with Crippen LogP contribution in [0.1, 0.15) is 46.5 Å². The Labute approximate surface area is 88.4 Å². The average Bonchev–Trinajstić information content (AvgIpc) is 2.09. The lowest BCUT2D eigenvalue weighted by molar-refractivity contribution is 0.403. The van der Waals surface area contributed by atoms with Crippen molar-refractivity contribution in [2.45, 2.75) is 46.5 Å². The van der Waals surface area contributed by atoms with Crippen molar-refractivity contribution in [2.75, 3.05) is 0 Å². The Morgan fingerprint density at radius 2 is 2.14 bits per heavy atom. The number of unbranched alkanes of at least 4 members (excludes halogenated alkanes) is 1. The lowest BCUT2D eigenvalue weighted by atomic mass is 9.73. The van der Waals surface area contributed by atoms with E-state index in [9.17, 15) is 0 Å². The Kier molecular flexibility index (Phi) is 3.74. The summed E-state index contributed by atoms with van der Waals surface area (Å²) in [6.45, 7) is 10.7. The maximum atomic E-state index is 3.75. The Morgan fingerprint density at radius 3 is 2.71 bits per heavy atom. The monoisotopic (exact) mass is 190 g/mol. The van der Waals surface area contributed by atoms with E-state index >= 15 is 0 Å². The first kappa shape index (κ1) is 11.3. The molecule has 0 spiro atoms. The summed E-state index contributed by atoms with van der Waals surface area (Å²) in [7, 11) is 0. The van der Waals surface area contributed by atoms with E-state index in [1.54, 1.807) is 5.57 Å². The third kappa shape index (κ3) is 2.60. The molecule has 78 valence electrons. The smallest absolute Gasteiger partial charge is 0.0101 e. The molecular formula is C14H22. The quantitative estimate of drug-likeness (QED) is 0.449. The minimum atomic E-state index is 0.375. The first-order valence-corrected chi connectivity index (χ1v) is 5.56. The maximum absolute atomic E-state index is 3.75. The van der Waals surface area contributed by atoms with Gasteiger partial charge in [-0.15, -0.1) is 6.58 Å². The molecule has 14 heavy (non-hydrogen) atoms. The van der Waals surface area contributed by atoms with E-state index in [4.69, 9.17) is 0 Å². The molecule has 0 fully saturated rings. The maximum Gasteiger partial charge on any atom is -0.0101 e. The summed E-state index contributed by atoms with van der Waals surface area (Å²) in [4.78, 5) is 0. The van der Waals surface area contributed by atoms with Gasteiger partial charge in [0, 0.05) is 0 Å². The molecule has 0 aromatic rings. The van der Waals surface area contributed by atoms with Crippen molar-refractivity contribution in [1.29, 1.82) is 0 Å². The molecule has 0 unspecified atom stereocenters. The van der Waals surface area contributed by atoms with Crippen LogP contribution in [0.3, 0.4) is 0 Å². The van der Waals surface area contributed by atoms with Gasteiger partial charge in [0.2, 0.25) is 0 Å². The van der Waals surface area contributed by atoms with Crippen LogP contribution in [0.15, 0.2) is 36.0 Å². The van der Waals surface area contributed by atoms with Gasteiger partial charge in [0.25, 0.3) is 0 Å². The van der Waals surface area contributed by atoms with Crippen LogP contribution in [-0.2, 0) is 0 Å². The van der Waals surface area contributed by atoms with Crippen LogP contribution >= 0.6 is 0 Å². The van der Waals surface area contributed by atoms with E-state index in [2.05, 4.69) is 39.5 Å². The largest absolute Gasteiger partial charge is 0.103 e. The van der Waals surface area contributed by atoms with Crippen molar-refractivity contribution in [2.24, 2.45) is 5.41 Å². The molecule has 0 radical (unpaired) electrons. The second kappa shape index (κ2) is 4.63. The molecule has 0 aromatic heterocycles. The van der Waals surface area contributed by atoms with E-state index in [0.29, 0.717) is 5.41 Å². The molecule has 0 saturated heterocycles. The van der Waals surface area contributed by atoms with Crippen molar-refractivity contribution in [3.05, 3.63) is 36.0 Å². The standard InChI is InChI=1S/C14H22/c1-5-6-7-10-13-12(2)9-8-11-14(13,3)4/h5,9-10H,1,6-8,11H2,2-4H3/b13-10-. The summed E-state index contributed by atoms with van der Waals surface area (Å²) >= 11 is 0. The van der Waals surface area contributed by atoms with Crippen molar-refractivity contribution >= 4 is 0 Å². The minimum absolute atomic E-state index is 0.375. The molecule has 0 aromatic carbocycles. The van der Waals surface area contributed by atoms with Gasteiger partial charge in [0.1, 0.15) is 0 Å². The summed E-state index contributed by atoms with van der Waals surface area (Å²) < 4.78 is 0. The predicted octanol–water partition coefficient (Wildman–Crippen LogP) is 4.65. The number of hydrogen-bond acceptors (Lipinski definition) is 0. The van der Waals surface area contributed by atoms with Crippen LogP contribution in [-0.4, -0.2) is 0 Å². The topological polar surface area (TPSA) is 0 Å². The fourth-order valence-corrected chi connectivity index (χ4v) is 2.21. The normalized spacial score (nSPS) is 23.4. The first-order chi connectivity index (χ1) is 6.58. The van der Waals surface area contributed by atoms with Gasteiger partial charge in [-0.05, 0) is 43.6 Å². The van der Waals surface area contributed by atoms with Crippen molar-refractivity contribution < 1.29 is 0 Å². The van der Waals surface area contributed by atoms with Crippen LogP contribution < -0.4 is 0 Å². The second-order valence-electron chi connectivity index (χ2n) is 4.79. The molecule has 0 bridgehead atoms. The first-order valence-electron chi connectivity index (χ1n) is 5.56. The van der Waals surface area contributed by atoms with Crippen molar-refractivity contribution in [3.8, 4) is 0 Å². The highest BCUT2D eigenvalue weighted by molar-refractivity contribution is 5.36. The van der Waals surface area contributed by atoms with E-state index < -0.39 is 0 Å². The van der Waals surface area contributed by atoms with E-state index in [0.717, 1.165) is 12.8 Å². The van der Waals surface area contributed by atoms with Crippen LogP contribution in [0.25, 0.3) is 0 Å². The number of hydrogen-bond donors (Lipinski definition) is 0. The molecule has 0 aliphatic heterocycles. The Morgan fingerprint density at radius 1 is 1.43 bits per heavy atom. The van der Waals surface area contributed by atoms with Crippen LogP contribution in [0, 0.1) is 5.41 Å². The summed E-state index contributed by atoms with van der Waals surface area (Å²) in [5, 5.41) is 0. The Bertz CT molecular complexity index is 264. The zero-order valence-corrected chi connectivity index (χ0v) is 9.77. The van der Waals surface area contributed by atoms with Gasteiger partial charge in [-0.2, -0.15) is 0 Å². The summed E-state index contributed by atoms with van der Waals surface area (Å²) in [5.41, 5.74) is 3.40. The van der Waals surface area contributed by atoms with Gasteiger partial charge in [-0.25, -0.2) is 0 Å². The predicted molar refractivity (Wildman–Crippen MR) is 64.3 cm³/mol. The third-order valence-corrected chi connectivity index (χ3v) is 3.09. The molecule has 1 rings (SSSR count). The van der Waals surface area contributed by atoms with Crippen LogP contribution in [0.2, 0.25) is 0 Å². The zero-order valence-electron chi connectivity index (χ0n) is 9.77. The molecular weight excluding hydrogens is 168 g/mol. The van der Waals surface area contributed by atoms with Crippen LogP contribution in [0.5, 0.6) is 0 Å². The van der Waals surface area contributed by atoms with E-state index in [-0.39, 0.29) is 0 Å². The Hall–Kier alpha value is -0.780. The average molecular weight is 190 g/mol. The summed E-state index contributed by atoms with van der Waals surface area (Å²) in [6, 6.07) is 0. The molecule has 0 saturated carbocycles. The molecule has 1 aliphatic carbocycles. The van der Waals surface area contributed by atoms with E-state index in [1.165, 1.54) is 18.4 Å². The fraction of sp³-hybridized carbons (Fsp3) is 0.571. The molecule has 0 nitrogen and oxygen atoms in total. The Balaban J connectivity index is 2.80. The SMILES string of the molecule is C=CCC/C=C1/C(C)=CCCC1(C)C. The van der Waals surface area contributed by atoms with Crippen LogP contribution in [0.4, 0.5) is 0 Å². The van der Waals surface area contributed by atoms with Gasteiger partial charge < -0.3 is 0 Å². The molecule has 0 heteroatoms. The van der Waals surface area contributed by atoms with E-state index in [1.807, 2.05) is 6.08 Å². The number of allylic oxidation sites excluding steroid dienone is 5. The third-order valence-electron chi connectivity index (χ3n) is 3.09. The molecule has 0 heterocycles. The molecule has 0 atom stereocenters. The highest BCUT2D eigenvalue weighted by Crippen LogP contribution is 2.40. The lowest BCUT2D eigenvalue weighted by Gasteiger charge is -2.32. The fourth-order valence-electron chi connectivity index (χ4n) is 2.21. The van der Waals surface area contributed by atoms with Gasteiger partial charge in [0.05, 0.1) is 0 Å². The minimum Gasteiger partial charge on any atom is -0.103 e. The highest BCUT2D eigenvalue weighted by atomic mass is 14.3. The number of rotatable bonds is 3. The summed E-state index contributed by atoms with van der Waals surface area (Å²) in [6.07, 6.45) is 11.5. The van der Waals surface area contributed by atoms with Crippen molar-refractivity contribution in [1.82, 2.24) is 0 Å². The lowest BCUT2D eigenvalue weighted by Crippen LogP contribution is -2.18. The van der Waals surface area contributed by atoms with Gasteiger partial charge in [-0.3, -0.25) is 0 Å². The molecule has 1 aliphatic rings. The summed E-state index contributed by atoms with van der Waals surface area (Å²) in [5.74, 6) is 0. The van der Waals surface area contributed by atoms with Gasteiger partial charge in [-0.1, -0.05) is 37.6 Å². The highest BCUT2D eigenvalue weighted by Gasteiger charge is 2.26. The van der Waals surface area contributed by atoms with Gasteiger partial charge in [0.15, 0.2) is 0 Å². The molecule has 0 N–H and O–H groups in total. The zero-order chi connectivity index (χ0) is 10.6. The van der Waals surface area contributed by atoms with Crippen molar-refractivity contribution in [3.63, 3.8) is 0 Å². The molecule has 0 amide bonds. The second-order valence-corrected chi connectivity index (χ2v) is 4.79.